The van der Waals surface area contributed by atoms with E-state index in [1.807, 2.05) is 6.92 Å². The zero-order valence-electron chi connectivity index (χ0n) is 14.4. The highest BCUT2D eigenvalue weighted by atomic mass is 127. The van der Waals surface area contributed by atoms with E-state index in [-0.39, 0.29) is 41.5 Å². The van der Waals surface area contributed by atoms with Crippen LogP contribution in [0.4, 0.5) is 0 Å². The lowest BCUT2D eigenvalue weighted by atomic mass is 10.1. The molecule has 1 fully saturated rings. The quantitative estimate of drug-likeness (QED) is 0.384. The number of nitrogens with zero attached hydrogens (tertiary/aromatic N) is 1. The van der Waals surface area contributed by atoms with Gasteiger partial charge in [0.05, 0.1) is 11.5 Å². The number of benzene rings is 1. The van der Waals surface area contributed by atoms with Crippen LogP contribution < -0.4 is 10.6 Å². The highest BCUT2D eigenvalue weighted by Gasteiger charge is 2.28. The van der Waals surface area contributed by atoms with Crippen LogP contribution in [0.5, 0.6) is 0 Å². The molecule has 1 aromatic rings. The van der Waals surface area contributed by atoms with Gasteiger partial charge in [0.1, 0.15) is 0 Å². The van der Waals surface area contributed by atoms with Crippen LogP contribution in [-0.4, -0.2) is 45.0 Å². The number of guanidine groups is 1. The molecule has 2 N–H and O–H groups in total. The van der Waals surface area contributed by atoms with Crippen LogP contribution in [0.15, 0.2) is 29.3 Å². The van der Waals surface area contributed by atoms with Crippen molar-refractivity contribution in [1.29, 1.82) is 0 Å². The Kier molecular flexibility index (Phi) is 9.04. The van der Waals surface area contributed by atoms with Crippen molar-refractivity contribution in [1.82, 2.24) is 10.6 Å². The monoisotopic (exact) mass is 465 g/mol. The summed E-state index contributed by atoms with van der Waals surface area (Å²) in [4.78, 5) is 4.56. The van der Waals surface area contributed by atoms with Gasteiger partial charge in [-0.15, -0.1) is 24.0 Å². The molecule has 1 unspecified atom stereocenters. The number of nitrogens with one attached hydrogen (secondary N) is 2. The summed E-state index contributed by atoms with van der Waals surface area (Å²) < 4.78 is 23.1. The summed E-state index contributed by atoms with van der Waals surface area (Å²) >= 11 is 0. The first-order chi connectivity index (χ1) is 11.0. The maximum atomic E-state index is 11.5. The Morgan fingerprint density at radius 3 is 2.42 bits per heavy atom. The van der Waals surface area contributed by atoms with E-state index >= 15 is 0 Å². The highest BCUT2D eigenvalue weighted by Crippen LogP contribution is 2.11. The molecular weight excluding hydrogens is 437 g/mol. The van der Waals surface area contributed by atoms with Crippen molar-refractivity contribution in [3.63, 3.8) is 0 Å². The summed E-state index contributed by atoms with van der Waals surface area (Å²) in [5, 5.41) is 6.42. The van der Waals surface area contributed by atoms with E-state index in [4.69, 9.17) is 0 Å². The minimum atomic E-state index is -2.87. The zero-order chi connectivity index (χ0) is 16.7. The molecule has 1 saturated heterocycles. The Morgan fingerprint density at radius 2 is 1.88 bits per heavy atom. The summed E-state index contributed by atoms with van der Waals surface area (Å²) in [6, 6.07) is 8.59. The van der Waals surface area contributed by atoms with Crippen molar-refractivity contribution in [3.8, 4) is 0 Å². The van der Waals surface area contributed by atoms with Crippen LogP contribution in [0.25, 0.3) is 0 Å². The molecule has 2 rings (SSSR count). The van der Waals surface area contributed by atoms with E-state index in [1.54, 1.807) is 0 Å². The smallest absolute Gasteiger partial charge is 0.191 e. The summed E-state index contributed by atoms with van der Waals surface area (Å²) in [7, 11) is -2.87. The number of aliphatic imine (C=N–C) groups is 1. The van der Waals surface area contributed by atoms with Gasteiger partial charge < -0.3 is 10.6 Å². The molecule has 1 aliphatic heterocycles. The van der Waals surface area contributed by atoms with Gasteiger partial charge in [-0.3, -0.25) is 4.99 Å². The highest BCUT2D eigenvalue weighted by molar-refractivity contribution is 14.0. The molecule has 1 aliphatic rings. The Balaban J connectivity index is 0.00000288. The molecule has 0 amide bonds. The maximum absolute atomic E-state index is 11.5. The van der Waals surface area contributed by atoms with Crippen molar-refractivity contribution in [2.24, 2.45) is 4.99 Å². The fourth-order valence-corrected chi connectivity index (χ4v) is 4.33. The Morgan fingerprint density at radius 1 is 1.21 bits per heavy atom. The third kappa shape index (κ3) is 6.96. The van der Waals surface area contributed by atoms with E-state index in [1.165, 1.54) is 11.1 Å². The first kappa shape index (κ1) is 21.2. The second kappa shape index (κ2) is 10.2. The van der Waals surface area contributed by atoms with Gasteiger partial charge in [0.2, 0.25) is 0 Å². The molecular formula is C17H28IN3O2S. The first-order valence-electron chi connectivity index (χ1n) is 8.35. The second-order valence-corrected chi connectivity index (χ2v) is 8.15. The summed E-state index contributed by atoms with van der Waals surface area (Å²) in [5.74, 6) is 1.18. The standard InChI is InChI=1S/C17H27N3O2S.HI/c1-3-14-5-7-15(8-6-14)9-11-19-17(18-4-2)20-16-10-12-23(21,22)13-16;/h5-8,16H,3-4,9-13H2,1-2H3,(H2,18,19,20);1H. The predicted octanol–water partition coefficient (Wildman–Crippen LogP) is 2.15. The molecule has 5 nitrogen and oxygen atoms in total. The van der Waals surface area contributed by atoms with Crippen molar-refractivity contribution in [2.45, 2.75) is 39.2 Å². The maximum Gasteiger partial charge on any atom is 0.191 e. The minimum absolute atomic E-state index is 0. The molecule has 0 spiro atoms. The molecule has 0 aliphatic carbocycles. The predicted molar refractivity (Wildman–Crippen MR) is 111 cm³/mol. The molecule has 0 radical (unpaired) electrons. The van der Waals surface area contributed by atoms with E-state index in [0.29, 0.717) is 18.9 Å². The normalized spacial score (nSPS) is 19.6. The summed E-state index contributed by atoms with van der Waals surface area (Å²) in [6.45, 7) is 5.60. The van der Waals surface area contributed by atoms with Gasteiger partial charge in [-0.05, 0) is 37.3 Å². The van der Waals surface area contributed by atoms with Crippen molar-refractivity contribution in [3.05, 3.63) is 35.4 Å². The van der Waals surface area contributed by atoms with Gasteiger partial charge in [-0.2, -0.15) is 0 Å². The first-order valence-corrected chi connectivity index (χ1v) is 10.2. The molecule has 1 atom stereocenters. The molecule has 136 valence electrons. The fraction of sp³-hybridized carbons (Fsp3) is 0.588. The van der Waals surface area contributed by atoms with E-state index in [9.17, 15) is 8.42 Å². The van der Waals surface area contributed by atoms with Gasteiger partial charge in [-0.25, -0.2) is 8.42 Å². The van der Waals surface area contributed by atoms with Crippen molar-refractivity contribution in [2.75, 3.05) is 24.6 Å². The fourth-order valence-electron chi connectivity index (χ4n) is 2.66. The molecule has 0 saturated carbocycles. The second-order valence-electron chi connectivity index (χ2n) is 5.93. The van der Waals surface area contributed by atoms with Crippen molar-refractivity contribution < 1.29 is 8.42 Å². The van der Waals surface area contributed by atoms with Crippen LogP contribution in [0.3, 0.4) is 0 Å². The van der Waals surface area contributed by atoms with E-state index in [2.05, 4.69) is 46.8 Å². The average molecular weight is 465 g/mol. The summed E-state index contributed by atoms with van der Waals surface area (Å²) in [5.41, 5.74) is 2.61. The number of halogens is 1. The van der Waals surface area contributed by atoms with E-state index in [0.717, 1.165) is 19.4 Å². The number of hydrogen-bond acceptors (Lipinski definition) is 3. The van der Waals surface area contributed by atoms with Crippen LogP contribution >= 0.6 is 24.0 Å². The van der Waals surface area contributed by atoms with Crippen LogP contribution in [-0.2, 0) is 22.7 Å². The van der Waals surface area contributed by atoms with Gasteiger partial charge in [0, 0.05) is 19.1 Å². The van der Waals surface area contributed by atoms with Gasteiger partial charge in [0.25, 0.3) is 0 Å². The average Bonchev–Trinajstić information content (AvgIpc) is 2.87. The lowest BCUT2D eigenvalue weighted by molar-refractivity contribution is 0.599. The SMILES string of the molecule is CCNC(=NCCc1ccc(CC)cc1)NC1CCS(=O)(=O)C1.I. The Bertz CT molecular complexity index is 630. The third-order valence-electron chi connectivity index (χ3n) is 4.02. The number of aryl methyl sites for hydroxylation is 1. The zero-order valence-corrected chi connectivity index (χ0v) is 17.6. The lowest BCUT2D eigenvalue weighted by Gasteiger charge is -2.15. The van der Waals surface area contributed by atoms with Crippen LogP contribution in [0, 0.1) is 0 Å². The molecule has 0 aromatic heterocycles. The molecule has 24 heavy (non-hydrogen) atoms. The number of rotatable bonds is 6. The number of hydrogen-bond donors (Lipinski definition) is 2. The van der Waals surface area contributed by atoms with Crippen LogP contribution in [0.1, 0.15) is 31.4 Å². The van der Waals surface area contributed by atoms with Gasteiger partial charge in [0.15, 0.2) is 15.8 Å². The molecule has 7 heteroatoms. The Labute approximate surface area is 162 Å². The lowest BCUT2D eigenvalue weighted by Crippen LogP contribution is -2.44. The van der Waals surface area contributed by atoms with Crippen molar-refractivity contribution >= 4 is 39.8 Å². The van der Waals surface area contributed by atoms with Gasteiger partial charge >= 0.3 is 0 Å². The van der Waals surface area contributed by atoms with E-state index < -0.39 is 9.84 Å². The molecule has 1 aromatic carbocycles. The Hall–Kier alpha value is -0.830. The molecule has 1 heterocycles. The summed E-state index contributed by atoms with van der Waals surface area (Å²) in [6.07, 6.45) is 2.59. The van der Waals surface area contributed by atoms with Gasteiger partial charge in [-0.1, -0.05) is 31.2 Å². The third-order valence-corrected chi connectivity index (χ3v) is 5.79. The number of sulfone groups is 1. The van der Waals surface area contributed by atoms with Crippen LogP contribution in [0.2, 0.25) is 0 Å². The largest absolute Gasteiger partial charge is 0.357 e. The molecule has 0 bridgehead atoms. The topological polar surface area (TPSA) is 70.6 Å². The minimum Gasteiger partial charge on any atom is -0.357 e.